The van der Waals surface area contributed by atoms with Crippen molar-refractivity contribution in [3.05, 3.63) is 94.8 Å². The maximum absolute atomic E-state index is 13.9. The molecule has 48 heavy (non-hydrogen) atoms. The number of aryl methyl sites for hydroxylation is 1. The number of hydrogen-bond donors (Lipinski definition) is 2. The Morgan fingerprint density at radius 1 is 1.02 bits per heavy atom. The predicted molar refractivity (Wildman–Crippen MR) is 180 cm³/mol. The van der Waals surface area contributed by atoms with Gasteiger partial charge in [0, 0.05) is 61.6 Å². The Kier molecular flexibility index (Phi) is 11.6. The molecular formula is C35H40N8O5. The average Bonchev–Trinajstić information content (AvgIpc) is 3.56. The third kappa shape index (κ3) is 9.07. The molecule has 0 aliphatic heterocycles. The normalized spacial score (nSPS) is 15.7. The minimum absolute atomic E-state index is 0.0281. The highest BCUT2D eigenvalue weighted by molar-refractivity contribution is 5.93. The Morgan fingerprint density at radius 2 is 1.79 bits per heavy atom. The van der Waals surface area contributed by atoms with E-state index in [1.165, 1.54) is 0 Å². The molecule has 3 aromatic heterocycles. The number of nitriles is 1. The van der Waals surface area contributed by atoms with Gasteiger partial charge in [0.25, 0.3) is 0 Å². The van der Waals surface area contributed by atoms with Crippen molar-refractivity contribution < 1.29 is 19.1 Å². The molecule has 0 bridgehead atoms. The molecule has 1 saturated carbocycles. The second-order valence-electron chi connectivity index (χ2n) is 11.6. The van der Waals surface area contributed by atoms with Crippen molar-refractivity contribution in [3.63, 3.8) is 0 Å². The first-order valence-electron chi connectivity index (χ1n) is 16.0. The van der Waals surface area contributed by atoms with E-state index in [1.54, 1.807) is 60.0 Å². The fourth-order valence-corrected chi connectivity index (χ4v) is 5.70. The maximum Gasteiger partial charge on any atom is 0.332 e. The smallest absolute Gasteiger partial charge is 0.332 e. The first-order chi connectivity index (χ1) is 23.3. The summed E-state index contributed by atoms with van der Waals surface area (Å²) in [4.78, 5) is 43.4. The molecule has 0 atom stereocenters. The summed E-state index contributed by atoms with van der Waals surface area (Å²) in [6.07, 6.45) is 10.2. The van der Waals surface area contributed by atoms with E-state index in [-0.39, 0.29) is 36.8 Å². The first-order valence-corrected chi connectivity index (χ1v) is 16.0. The zero-order valence-corrected chi connectivity index (χ0v) is 27.2. The Labute approximate surface area is 279 Å². The number of ether oxygens (including phenoxy) is 2. The van der Waals surface area contributed by atoms with Gasteiger partial charge in [0.1, 0.15) is 18.5 Å². The van der Waals surface area contributed by atoms with Crippen LogP contribution in [0.2, 0.25) is 0 Å². The lowest BCUT2D eigenvalue weighted by Gasteiger charge is -2.37. The van der Waals surface area contributed by atoms with E-state index in [2.05, 4.69) is 26.8 Å². The van der Waals surface area contributed by atoms with Gasteiger partial charge in [-0.1, -0.05) is 12.1 Å². The number of nitrogens with zero attached hydrogens (tertiary/aromatic N) is 6. The van der Waals surface area contributed by atoms with Crippen molar-refractivity contribution in [2.45, 2.75) is 57.8 Å². The van der Waals surface area contributed by atoms with Crippen LogP contribution >= 0.6 is 0 Å². The number of hydrogen-bond acceptors (Lipinski definition) is 9. The summed E-state index contributed by atoms with van der Waals surface area (Å²) in [5, 5.41) is 19.9. The number of anilines is 2. The van der Waals surface area contributed by atoms with E-state index >= 15 is 0 Å². The van der Waals surface area contributed by atoms with Crippen LogP contribution < -0.4 is 21.1 Å². The number of nitrogens with one attached hydrogen (secondary N) is 2. The van der Waals surface area contributed by atoms with Crippen LogP contribution in [0, 0.1) is 11.3 Å². The monoisotopic (exact) mass is 652 g/mol. The SMILES string of the molecule is CCOC(=O)COCCn1cc(CNC(=O)N(c2ccc(-c3ccc(=O)n(C)c3)cc2)C2CCC(Nc3ccc(C#N)cn3)CC2)cn1. The molecular weight excluding hydrogens is 612 g/mol. The molecule has 3 heterocycles. The molecule has 2 N–H and O–H groups in total. The fraction of sp³-hybridized carbons (Fsp3) is 0.371. The summed E-state index contributed by atoms with van der Waals surface area (Å²) in [5.74, 6) is 0.327. The number of carbonyl (C=O) groups excluding carboxylic acids is 2. The number of esters is 1. The topological polar surface area (TPSA) is 156 Å². The largest absolute Gasteiger partial charge is 0.464 e. The number of carbonyl (C=O) groups is 2. The van der Waals surface area contributed by atoms with Crippen molar-refractivity contribution in [1.82, 2.24) is 24.6 Å². The Morgan fingerprint density at radius 3 is 2.48 bits per heavy atom. The molecule has 2 amide bonds. The van der Waals surface area contributed by atoms with E-state index in [4.69, 9.17) is 14.7 Å². The quantitative estimate of drug-likeness (QED) is 0.159. The second-order valence-corrected chi connectivity index (χ2v) is 11.6. The number of aromatic nitrogens is 4. The molecule has 1 aromatic carbocycles. The highest BCUT2D eigenvalue weighted by Gasteiger charge is 2.30. The zero-order chi connectivity index (χ0) is 33.9. The number of rotatable bonds is 13. The van der Waals surface area contributed by atoms with Gasteiger partial charge in [-0.2, -0.15) is 10.4 Å². The highest BCUT2D eigenvalue weighted by Crippen LogP contribution is 2.31. The molecule has 1 aliphatic rings. The molecule has 4 aromatic rings. The van der Waals surface area contributed by atoms with Crippen molar-refractivity contribution in [2.75, 3.05) is 30.0 Å². The third-order valence-electron chi connectivity index (χ3n) is 8.21. The number of pyridine rings is 2. The van der Waals surface area contributed by atoms with Gasteiger partial charge in [0.15, 0.2) is 0 Å². The van der Waals surface area contributed by atoms with Crippen LogP contribution in [0.15, 0.2) is 78.1 Å². The molecule has 0 unspecified atom stereocenters. The minimum Gasteiger partial charge on any atom is -0.464 e. The van der Waals surface area contributed by atoms with Crippen LogP contribution in [0.3, 0.4) is 0 Å². The van der Waals surface area contributed by atoms with E-state index < -0.39 is 5.97 Å². The van der Waals surface area contributed by atoms with Crippen LogP contribution in [-0.4, -0.2) is 63.2 Å². The van der Waals surface area contributed by atoms with Gasteiger partial charge in [-0.05, 0) is 74.1 Å². The van der Waals surface area contributed by atoms with E-state index in [1.807, 2.05) is 41.4 Å². The van der Waals surface area contributed by atoms with Crippen LogP contribution in [0.1, 0.15) is 43.7 Å². The first kappa shape index (κ1) is 33.9. The third-order valence-corrected chi connectivity index (χ3v) is 8.21. The van der Waals surface area contributed by atoms with Gasteiger partial charge in [-0.3, -0.25) is 14.4 Å². The molecule has 250 valence electrons. The molecule has 13 nitrogen and oxygen atoms in total. The lowest BCUT2D eigenvalue weighted by molar-refractivity contribution is -0.148. The van der Waals surface area contributed by atoms with Crippen LogP contribution in [-0.2, 0) is 34.4 Å². The average molecular weight is 653 g/mol. The predicted octanol–water partition coefficient (Wildman–Crippen LogP) is 4.23. The summed E-state index contributed by atoms with van der Waals surface area (Å²) in [6, 6.07) is 16.8. The number of urea groups is 1. The van der Waals surface area contributed by atoms with Gasteiger partial charge in [-0.15, -0.1) is 0 Å². The maximum atomic E-state index is 13.9. The Hall–Kier alpha value is -5.48. The fourth-order valence-electron chi connectivity index (χ4n) is 5.70. The molecule has 0 radical (unpaired) electrons. The molecule has 1 aliphatic carbocycles. The lowest BCUT2D eigenvalue weighted by atomic mass is 9.89. The highest BCUT2D eigenvalue weighted by atomic mass is 16.6. The summed E-state index contributed by atoms with van der Waals surface area (Å²) < 4.78 is 13.5. The molecule has 0 saturated heterocycles. The van der Waals surface area contributed by atoms with Crippen molar-refractivity contribution >= 4 is 23.5 Å². The summed E-state index contributed by atoms with van der Waals surface area (Å²) in [7, 11) is 1.72. The van der Waals surface area contributed by atoms with Crippen LogP contribution in [0.4, 0.5) is 16.3 Å². The number of amides is 2. The molecule has 5 rings (SSSR count). The summed E-state index contributed by atoms with van der Waals surface area (Å²) in [5.41, 5.74) is 3.90. The van der Waals surface area contributed by atoms with Gasteiger partial charge in [0.05, 0.1) is 31.5 Å². The van der Waals surface area contributed by atoms with Crippen LogP contribution in [0.5, 0.6) is 0 Å². The van der Waals surface area contributed by atoms with Gasteiger partial charge in [-0.25, -0.2) is 14.6 Å². The van der Waals surface area contributed by atoms with Crippen LogP contribution in [0.25, 0.3) is 11.1 Å². The van der Waals surface area contributed by atoms with Crippen molar-refractivity contribution in [1.29, 1.82) is 5.26 Å². The van der Waals surface area contributed by atoms with Gasteiger partial charge >= 0.3 is 12.0 Å². The van der Waals surface area contributed by atoms with Gasteiger partial charge < -0.3 is 24.7 Å². The molecule has 0 spiro atoms. The second kappa shape index (κ2) is 16.4. The molecule has 1 fully saturated rings. The van der Waals surface area contributed by atoms with Gasteiger partial charge in [0.2, 0.25) is 5.56 Å². The van der Waals surface area contributed by atoms with Crippen molar-refractivity contribution in [2.24, 2.45) is 7.05 Å². The Bertz CT molecular complexity index is 1770. The summed E-state index contributed by atoms with van der Waals surface area (Å²) in [6.45, 7) is 2.99. The van der Waals surface area contributed by atoms with Crippen molar-refractivity contribution in [3.8, 4) is 17.2 Å². The standard InChI is InChI=1S/C35H40N8O5/c1-3-48-34(45)24-47-17-16-42-22-26(21-39-42)20-38-35(46)43(30-10-5-27(6-11-30)28-7-15-33(44)41(2)23-28)31-12-8-29(9-13-31)40-32-14-4-25(18-36)19-37-32/h4-7,10-11,14-15,19,21-23,29,31H,3,8-9,12-13,16-17,20,24H2,1-2H3,(H,37,40)(H,38,46). The molecule has 13 heteroatoms. The van der Waals surface area contributed by atoms with E-state index in [9.17, 15) is 14.4 Å². The number of benzene rings is 1. The zero-order valence-electron chi connectivity index (χ0n) is 27.2. The Balaban J connectivity index is 1.24. The van der Waals surface area contributed by atoms with E-state index in [0.717, 1.165) is 53.9 Å². The van der Waals surface area contributed by atoms with E-state index in [0.29, 0.717) is 25.3 Å². The summed E-state index contributed by atoms with van der Waals surface area (Å²) >= 11 is 0. The minimum atomic E-state index is -0.402. The lowest BCUT2D eigenvalue weighted by Crippen LogP contribution is -2.48.